The average molecular weight is 398 g/mol. The summed E-state index contributed by atoms with van der Waals surface area (Å²) in [5, 5.41) is 2.78. The predicted molar refractivity (Wildman–Crippen MR) is 106 cm³/mol. The second-order valence-electron chi connectivity index (χ2n) is 6.68. The van der Waals surface area contributed by atoms with E-state index in [1.54, 1.807) is 29.2 Å². The molecule has 1 saturated heterocycles. The maximum Gasteiger partial charge on any atom is 0.328 e. The van der Waals surface area contributed by atoms with Crippen molar-refractivity contribution >= 4 is 35.9 Å². The molecule has 7 nitrogen and oxygen atoms in total. The molecule has 1 heterocycles. The fourth-order valence-corrected chi connectivity index (χ4v) is 3.03. The van der Waals surface area contributed by atoms with Gasteiger partial charge in [-0.25, -0.2) is 4.79 Å². The molecule has 1 aliphatic rings. The van der Waals surface area contributed by atoms with Crippen LogP contribution in [0.4, 0.5) is 5.69 Å². The third kappa shape index (κ3) is 6.52. The zero-order valence-electron chi connectivity index (χ0n) is 15.8. The van der Waals surface area contributed by atoms with Gasteiger partial charge in [0.2, 0.25) is 5.91 Å². The van der Waals surface area contributed by atoms with Crippen LogP contribution in [-0.4, -0.2) is 48.4 Å². The fraction of sp³-hybridized carbons (Fsp3) is 0.526. The number of hydrogen-bond donors (Lipinski definition) is 2. The van der Waals surface area contributed by atoms with Gasteiger partial charge in [0.15, 0.2) is 0 Å². The first-order valence-electron chi connectivity index (χ1n) is 8.96. The normalized spacial score (nSPS) is 17.4. The number of anilines is 1. The van der Waals surface area contributed by atoms with Gasteiger partial charge >= 0.3 is 5.97 Å². The highest BCUT2D eigenvalue weighted by atomic mass is 35.5. The van der Waals surface area contributed by atoms with Crippen LogP contribution in [0.2, 0.25) is 0 Å². The van der Waals surface area contributed by atoms with Crippen molar-refractivity contribution in [2.45, 2.75) is 51.1 Å². The number of benzene rings is 1. The van der Waals surface area contributed by atoms with Crippen LogP contribution in [0.5, 0.6) is 0 Å². The van der Waals surface area contributed by atoms with E-state index in [2.05, 4.69) is 5.32 Å². The number of carbonyl (C=O) groups excluding carboxylic acids is 3. The topological polar surface area (TPSA) is 102 Å². The molecule has 0 saturated carbocycles. The number of nitrogens with zero attached hydrogens (tertiary/aromatic N) is 1. The van der Waals surface area contributed by atoms with Crippen LogP contribution in [0.25, 0.3) is 0 Å². The Bertz CT molecular complexity index is 666. The predicted octanol–water partition coefficient (Wildman–Crippen LogP) is 2.34. The van der Waals surface area contributed by atoms with Crippen LogP contribution in [0.1, 0.15) is 49.4 Å². The maximum atomic E-state index is 12.9. The maximum absolute atomic E-state index is 12.9. The van der Waals surface area contributed by atoms with E-state index in [1.807, 2.05) is 6.92 Å². The molecule has 27 heavy (non-hydrogen) atoms. The van der Waals surface area contributed by atoms with Gasteiger partial charge in [-0.3, -0.25) is 9.59 Å². The number of piperidine rings is 1. The molecule has 0 spiro atoms. The Balaban J connectivity index is 0.00000364. The van der Waals surface area contributed by atoms with Crippen molar-refractivity contribution in [1.82, 2.24) is 4.90 Å². The lowest BCUT2D eigenvalue weighted by Gasteiger charge is -2.33. The van der Waals surface area contributed by atoms with E-state index in [1.165, 1.54) is 7.11 Å². The molecule has 3 N–H and O–H groups in total. The molecule has 0 bridgehead atoms. The minimum Gasteiger partial charge on any atom is -0.467 e. The van der Waals surface area contributed by atoms with Crippen molar-refractivity contribution in [2.24, 2.45) is 5.73 Å². The van der Waals surface area contributed by atoms with Gasteiger partial charge in [0, 0.05) is 30.3 Å². The van der Waals surface area contributed by atoms with Gasteiger partial charge in [-0.05, 0) is 50.8 Å². The molecule has 2 amide bonds. The van der Waals surface area contributed by atoms with Crippen molar-refractivity contribution in [3.05, 3.63) is 29.8 Å². The average Bonchev–Trinajstić information content (AvgIpc) is 2.65. The third-order valence-electron chi connectivity index (χ3n) is 4.46. The number of methoxy groups -OCH3 is 1. The summed E-state index contributed by atoms with van der Waals surface area (Å²) in [6.45, 7) is 2.37. The largest absolute Gasteiger partial charge is 0.467 e. The van der Waals surface area contributed by atoms with Crippen molar-refractivity contribution in [3.8, 4) is 0 Å². The Kier molecular flexibility index (Phi) is 9.25. The van der Waals surface area contributed by atoms with E-state index in [-0.39, 0.29) is 30.3 Å². The van der Waals surface area contributed by atoms with Gasteiger partial charge < -0.3 is 20.7 Å². The first-order valence-corrected chi connectivity index (χ1v) is 8.96. The quantitative estimate of drug-likeness (QED) is 0.717. The summed E-state index contributed by atoms with van der Waals surface area (Å²) in [7, 11) is 1.33. The molecule has 1 aromatic carbocycles. The summed E-state index contributed by atoms with van der Waals surface area (Å²) in [6, 6.07) is 6.17. The number of nitrogens with two attached hydrogens (primary N) is 1. The Morgan fingerprint density at radius 2 is 2.07 bits per heavy atom. The second-order valence-corrected chi connectivity index (χ2v) is 6.68. The molecular formula is C19H28ClN3O4. The molecule has 0 aromatic heterocycles. The Labute approximate surface area is 166 Å². The summed E-state index contributed by atoms with van der Waals surface area (Å²) in [6.07, 6.45) is 3.27. The van der Waals surface area contributed by atoms with Crippen LogP contribution in [0.3, 0.4) is 0 Å². The van der Waals surface area contributed by atoms with Crippen molar-refractivity contribution in [1.29, 1.82) is 0 Å². The van der Waals surface area contributed by atoms with E-state index in [0.29, 0.717) is 37.1 Å². The van der Waals surface area contributed by atoms with Crippen molar-refractivity contribution < 1.29 is 19.1 Å². The Morgan fingerprint density at radius 3 is 2.74 bits per heavy atom. The lowest BCUT2D eigenvalue weighted by atomic mass is 10.0. The fourth-order valence-electron chi connectivity index (χ4n) is 3.03. The Hall–Kier alpha value is -2.12. The summed E-state index contributed by atoms with van der Waals surface area (Å²) in [4.78, 5) is 38.4. The number of rotatable bonds is 6. The molecule has 8 heteroatoms. The van der Waals surface area contributed by atoms with Crippen LogP contribution in [-0.2, 0) is 14.3 Å². The summed E-state index contributed by atoms with van der Waals surface area (Å²) >= 11 is 0. The van der Waals surface area contributed by atoms with Gasteiger partial charge in [-0.1, -0.05) is 6.07 Å². The van der Waals surface area contributed by atoms with E-state index < -0.39 is 12.0 Å². The van der Waals surface area contributed by atoms with E-state index >= 15 is 0 Å². The van der Waals surface area contributed by atoms with Gasteiger partial charge in [0.25, 0.3) is 5.91 Å². The minimum absolute atomic E-state index is 0. The molecule has 1 aliphatic heterocycles. The SMILES string of the molecule is COC(=O)C1CCCCN1C(=O)c1cccc(NC(=O)CCC(C)N)c1.Cl. The van der Waals surface area contributed by atoms with Gasteiger partial charge in [0.1, 0.15) is 6.04 Å². The first-order chi connectivity index (χ1) is 12.4. The minimum atomic E-state index is -0.550. The molecule has 150 valence electrons. The molecule has 0 radical (unpaired) electrons. The number of carbonyl (C=O) groups is 3. The number of ether oxygens (including phenoxy) is 1. The molecule has 2 rings (SSSR count). The summed E-state index contributed by atoms with van der Waals surface area (Å²) in [5.41, 5.74) is 6.65. The lowest BCUT2D eigenvalue weighted by molar-refractivity contribution is -0.147. The molecular weight excluding hydrogens is 370 g/mol. The third-order valence-corrected chi connectivity index (χ3v) is 4.46. The molecule has 1 fully saturated rings. The van der Waals surface area contributed by atoms with E-state index in [4.69, 9.17) is 10.5 Å². The molecule has 0 aliphatic carbocycles. The van der Waals surface area contributed by atoms with Crippen LogP contribution >= 0.6 is 12.4 Å². The molecule has 2 unspecified atom stereocenters. The number of esters is 1. The summed E-state index contributed by atoms with van der Waals surface area (Å²) in [5.74, 6) is -0.762. The number of nitrogens with one attached hydrogen (secondary N) is 1. The smallest absolute Gasteiger partial charge is 0.328 e. The first kappa shape index (κ1) is 22.9. The second kappa shape index (κ2) is 10.9. The standard InChI is InChI=1S/C19H27N3O4.ClH/c1-13(20)9-10-17(23)21-15-7-5-6-14(12-15)18(24)22-11-4-3-8-16(22)19(25)26-2;/h5-7,12-13,16H,3-4,8-11,20H2,1-2H3,(H,21,23);1H. The van der Waals surface area contributed by atoms with Crippen molar-refractivity contribution in [2.75, 3.05) is 19.0 Å². The van der Waals surface area contributed by atoms with Gasteiger partial charge in [0.05, 0.1) is 7.11 Å². The zero-order valence-corrected chi connectivity index (χ0v) is 16.6. The van der Waals surface area contributed by atoms with Gasteiger partial charge in [-0.2, -0.15) is 0 Å². The number of likely N-dealkylation sites (tertiary alicyclic amines) is 1. The lowest BCUT2D eigenvalue weighted by Crippen LogP contribution is -2.48. The van der Waals surface area contributed by atoms with E-state index in [9.17, 15) is 14.4 Å². The van der Waals surface area contributed by atoms with Crippen LogP contribution in [0.15, 0.2) is 24.3 Å². The highest BCUT2D eigenvalue weighted by molar-refractivity contribution is 5.99. The van der Waals surface area contributed by atoms with Gasteiger partial charge in [-0.15, -0.1) is 12.4 Å². The molecule has 1 aromatic rings. The van der Waals surface area contributed by atoms with Crippen LogP contribution in [0, 0.1) is 0 Å². The zero-order chi connectivity index (χ0) is 19.1. The highest BCUT2D eigenvalue weighted by Gasteiger charge is 2.33. The number of amides is 2. The van der Waals surface area contributed by atoms with E-state index in [0.717, 1.165) is 12.8 Å². The highest BCUT2D eigenvalue weighted by Crippen LogP contribution is 2.22. The number of halogens is 1. The number of hydrogen-bond acceptors (Lipinski definition) is 5. The monoisotopic (exact) mass is 397 g/mol. The van der Waals surface area contributed by atoms with Crippen LogP contribution < -0.4 is 11.1 Å². The Morgan fingerprint density at radius 1 is 1.33 bits per heavy atom. The molecule has 2 atom stereocenters. The summed E-state index contributed by atoms with van der Waals surface area (Å²) < 4.78 is 4.83. The van der Waals surface area contributed by atoms with Crippen molar-refractivity contribution in [3.63, 3.8) is 0 Å².